The number of Topliss-reactive ketones (excluding diaryl/α,β-unsaturated/α-hetero) is 1. The molecule has 1 aliphatic heterocycles. The van der Waals surface area contributed by atoms with E-state index in [0.29, 0.717) is 35.3 Å². The van der Waals surface area contributed by atoms with Crippen LogP contribution in [-0.2, 0) is 11.2 Å². The molecule has 1 aromatic rings. The number of hydrogen-bond donors (Lipinski definition) is 1. The number of ketones is 1. The molecule has 1 aliphatic rings. The van der Waals surface area contributed by atoms with Gasteiger partial charge < -0.3 is 5.32 Å². The molecule has 4 heteroatoms. The molecule has 20 heavy (non-hydrogen) atoms. The molecule has 1 N–H and O–H groups in total. The van der Waals surface area contributed by atoms with E-state index in [1.54, 1.807) is 6.07 Å². The van der Waals surface area contributed by atoms with Crippen LogP contribution in [0.25, 0.3) is 0 Å². The largest absolute Gasteiger partial charge is 0.316 e. The molecule has 110 valence electrons. The molecule has 1 fully saturated rings. The maximum atomic E-state index is 13.0. The Morgan fingerprint density at radius 1 is 1.55 bits per heavy atom. The summed E-state index contributed by atoms with van der Waals surface area (Å²) in [6, 6.07) is 4.21. The summed E-state index contributed by atoms with van der Waals surface area (Å²) in [5, 5.41) is 3.72. The van der Waals surface area contributed by atoms with Crippen molar-refractivity contribution in [1.82, 2.24) is 5.32 Å². The van der Waals surface area contributed by atoms with Crippen molar-refractivity contribution in [2.24, 2.45) is 11.8 Å². The Morgan fingerprint density at radius 3 is 3.00 bits per heavy atom. The summed E-state index contributed by atoms with van der Waals surface area (Å²) in [6.07, 6.45) is 3.25. The maximum Gasteiger partial charge on any atom is 0.137 e. The predicted molar refractivity (Wildman–Crippen MR) is 79.5 cm³/mol. The Bertz CT molecular complexity index is 472. The van der Waals surface area contributed by atoms with Crippen LogP contribution in [0.15, 0.2) is 18.2 Å². The van der Waals surface area contributed by atoms with Crippen LogP contribution in [0.2, 0.25) is 5.02 Å². The molecule has 0 aromatic heterocycles. The average molecular weight is 298 g/mol. The summed E-state index contributed by atoms with van der Waals surface area (Å²) >= 11 is 5.96. The van der Waals surface area contributed by atoms with Crippen molar-refractivity contribution < 1.29 is 9.18 Å². The Morgan fingerprint density at radius 2 is 2.35 bits per heavy atom. The molecule has 2 nitrogen and oxygen atoms in total. The molecule has 0 radical (unpaired) electrons. The number of rotatable bonds is 5. The Labute approximate surface area is 124 Å². The van der Waals surface area contributed by atoms with E-state index in [1.165, 1.54) is 25.0 Å². The van der Waals surface area contributed by atoms with E-state index in [0.717, 1.165) is 13.1 Å². The fraction of sp³-hybridized carbons (Fsp3) is 0.562. The van der Waals surface area contributed by atoms with Crippen molar-refractivity contribution in [3.63, 3.8) is 0 Å². The highest BCUT2D eigenvalue weighted by Gasteiger charge is 2.22. The highest BCUT2D eigenvalue weighted by atomic mass is 35.5. The van der Waals surface area contributed by atoms with Crippen molar-refractivity contribution in [2.75, 3.05) is 13.1 Å². The molecule has 1 aromatic carbocycles. The smallest absolute Gasteiger partial charge is 0.137 e. The third-order valence-corrected chi connectivity index (χ3v) is 4.44. The van der Waals surface area contributed by atoms with Crippen molar-refractivity contribution in [3.8, 4) is 0 Å². The summed E-state index contributed by atoms with van der Waals surface area (Å²) in [4.78, 5) is 12.1. The first-order valence-electron chi connectivity index (χ1n) is 7.22. The third kappa shape index (κ3) is 4.29. The zero-order valence-corrected chi connectivity index (χ0v) is 12.5. The fourth-order valence-corrected chi connectivity index (χ4v) is 3.07. The number of hydrogen-bond acceptors (Lipinski definition) is 2. The first-order chi connectivity index (χ1) is 9.56. The highest BCUT2D eigenvalue weighted by Crippen LogP contribution is 2.24. The van der Waals surface area contributed by atoms with E-state index < -0.39 is 0 Å². The van der Waals surface area contributed by atoms with Gasteiger partial charge in [0.2, 0.25) is 0 Å². The second-order valence-corrected chi connectivity index (χ2v) is 6.15. The predicted octanol–water partition coefficient (Wildman–Crippen LogP) is 3.62. The number of halogens is 2. The summed E-state index contributed by atoms with van der Waals surface area (Å²) in [5.74, 6) is 0.773. The van der Waals surface area contributed by atoms with E-state index in [-0.39, 0.29) is 11.6 Å². The van der Waals surface area contributed by atoms with E-state index >= 15 is 0 Å². The van der Waals surface area contributed by atoms with Crippen molar-refractivity contribution in [3.05, 3.63) is 34.6 Å². The van der Waals surface area contributed by atoms with E-state index in [9.17, 15) is 9.18 Å². The summed E-state index contributed by atoms with van der Waals surface area (Å²) in [5.41, 5.74) is 0.715. The van der Waals surface area contributed by atoms with Gasteiger partial charge in [0.15, 0.2) is 0 Å². The first-order valence-corrected chi connectivity index (χ1v) is 7.60. The summed E-state index contributed by atoms with van der Waals surface area (Å²) in [7, 11) is 0. The van der Waals surface area contributed by atoms with Crippen LogP contribution in [-0.4, -0.2) is 18.9 Å². The number of benzene rings is 1. The minimum atomic E-state index is -0.368. The minimum absolute atomic E-state index is 0.177. The lowest BCUT2D eigenvalue weighted by molar-refractivity contribution is -0.119. The molecule has 2 atom stereocenters. The van der Waals surface area contributed by atoms with Gasteiger partial charge in [0.1, 0.15) is 11.6 Å². The monoisotopic (exact) mass is 297 g/mol. The second-order valence-electron chi connectivity index (χ2n) is 5.74. The molecular weight excluding hydrogens is 277 g/mol. The van der Waals surface area contributed by atoms with Gasteiger partial charge in [-0.05, 0) is 55.5 Å². The summed E-state index contributed by atoms with van der Waals surface area (Å²) < 4.78 is 13.0. The van der Waals surface area contributed by atoms with Gasteiger partial charge in [-0.25, -0.2) is 4.39 Å². The second kappa shape index (κ2) is 7.19. The first kappa shape index (κ1) is 15.5. The van der Waals surface area contributed by atoms with Gasteiger partial charge >= 0.3 is 0 Å². The minimum Gasteiger partial charge on any atom is -0.316 e. The maximum absolute atomic E-state index is 13.0. The third-order valence-electron chi connectivity index (χ3n) is 4.09. The lowest BCUT2D eigenvalue weighted by Crippen LogP contribution is -2.34. The average Bonchev–Trinajstić information content (AvgIpc) is 2.43. The standard InChI is InChI=1S/C16H21ClFNO/c1-11(13-3-2-6-19-10-13)7-15(20)8-12-4-5-14(18)9-16(12)17/h4-5,9,11,13,19H,2-3,6-8,10H2,1H3. The molecule has 0 saturated carbocycles. The molecule has 1 saturated heterocycles. The number of piperidine rings is 1. The molecule has 2 unspecified atom stereocenters. The normalized spacial score (nSPS) is 20.6. The molecule has 0 amide bonds. The van der Waals surface area contributed by atoms with Crippen LogP contribution in [0.4, 0.5) is 4.39 Å². The van der Waals surface area contributed by atoms with Gasteiger partial charge in [-0.2, -0.15) is 0 Å². The molecular formula is C16H21ClFNO. The van der Waals surface area contributed by atoms with Crippen LogP contribution in [0.1, 0.15) is 31.7 Å². The van der Waals surface area contributed by atoms with Gasteiger partial charge in [0.25, 0.3) is 0 Å². The lowest BCUT2D eigenvalue weighted by Gasteiger charge is -2.28. The van der Waals surface area contributed by atoms with Gasteiger partial charge in [-0.15, -0.1) is 0 Å². The van der Waals surface area contributed by atoms with Crippen LogP contribution in [0.3, 0.4) is 0 Å². The van der Waals surface area contributed by atoms with Crippen LogP contribution < -0.4 is 5.32 Å². The molecule has 2 rings (SSSR count). The topological polar surface area (TPSA) is 29.1 Å². The zero-order chi connectivity index (χ0) is 14.5. The molecule has 0 spiro atoms. The van der Waals surface area contributed by atoms with Gasteiger partial charge in [-0.1, -0.05) is 24.6 Å². The highest BCUT2D eigenvalue weighted by molar-refractivity contribution is 6.31. The molecule has 1 heterocycles. The van der Waals surface area contributed by atoms with Crippen LogP contribution in [0.5, 0.6) is 0 Å². The van der Waals surface area contributed by atoms with Crippen molar-refractivity contribution in [2.45, 2.75) is 32.6 Å². The quantitative estimate of drug-likeness (QED) is 0.899. The number of carbonyl (C=O) groups is 1. The van der Waals surface area contributed by atoms with Crippen LogP contribution >= 0.6 is 11.6 Å². The Balaban J connectivity index is 1.88. The van der Waals surface area contributed by atoms with Crippen molar-refractivity contribution in [1.29, 1.82) is 0 Å². The van der Waals surface area contributed by atoms with Gasteiger partial charge in [0.05, 0.1) is 0 Å². The van der Waals surface area contributed by atoms with Gasteiger partial charge in [0, 0.05) is 17.9 Å². The molecule has 0 aliphatic carbocycles. The zero-order valence-electron chi connectivity index (χ0n) is 11.8. The van der Waals surface area contributed by atoms with E-state index in [4.69, 9.17) is 11.6 Å². The SMILES string of the molecule is CC(CC(=O)Cc1ccc(F)cc1Cl)C1CCCNC1. The van der Waals surface area contributed by atoms with Crippen LogP contribution in [0, 0.1) is 17.7 Å². The fourth-order valence-electron chi connectivity index (χ4n) is 2.84. The number of carbonyl (C=O) groups excluding carboxylic acids is 1. The Kier molecular flexibility index (Phi) is 5.55. The van der Waals surface area contributed by atoms with E-state index in [2.05, 4.69) is 12.2 Å². The molecule has 0 bridgehead atoms. The van der Waals surface area contributed by atoms with Gasteiger partial charge in [-0.3, -0.25) is 4.79 Å². The summed E-state index contributed by atoms with van der Waals surface area (Å²) in [6.45, 7) is 4.23. The Hall–Kier alpha value is -0.930. The number of nitrogens with one attached hydrogen (secondary N) is 1. The lowest BCUT2D eigenvalue weighted by atomic mass is 9.83. The van der Waals surface area contributed by atoms with E-state index in [1.807, 2.05) is 0 Å². The van der Waals surface area contributed by atoms with Crippen molar-refractivity contribution >= 4 is 17.4 Å².